The molecule has 0 N–H and O–H groups in total. The standard InChI is InChI=1S/C15H15NO2/c1-3-5-6-9-16-13-8-7-11(4-2)10-12(13)14(17)15(16)18/h7-8,10H,4,6,9H2,1-2H3. The number of carbonyl (C=O) groups is 2. The van der Waals surface area contributed by atoms with Gasteiger partial charge in [0.2, 0.25) is 0 Å². The van der Waals surface area contributed by atoms with Gasteiger partial charge in [0.25, 0.3) is 11.7 Å². The second-order valence-corrected chi connectivity index (χ2v) is 4.17. The molecule has 0 aromatic heterocycles. The number of nitrogens with zero attached hydrogens (tertiary/aromatic N) is 1. The van der Waals surface area contributed by atoms with Crippen LogP contribution < -0.4 is 4.90 Å². The Morgan fingerprint density at radius 1 is 1.28 bits per heavy atom. The molecule has 0 bridgehead atoms. The van der Waals surface area contributed by atoms with Gasteiger partial charge in [0.15, 0.2) is 0 Å². The van der Waals surface area contributed by atoms with Crippen LogP contribution in [0.25, 0.3) is 0 Å². The molecular formula is C15H15NO2. The minimum absolute atomic E-state index is 0.398. The maximum atomic E-state index is 11.9. The third-order valence-corrected chi connectivity index (χ3v) is 3.08. The highest BCUT2D eigenvalue weighted by atomic mass is 16.2. The summed E-state index contributed by atoms with van der Waals surface area (Å²) in [5.41, 5.74) is 2.33. The van der Waals surface area contributed by atoms with Crippen LogP contribution in [0.3, 0.4) is 0 Å². The van der Waals surface area contributed by atoms with Crippen molar-refractivity contribution in [2.45, 2.75) is 26.7 Å². The molecule has 0 radical (unpaired) electrons. The summed E-state index contributed by atoms with van der Waals surface area (Å²) in [7, 11) is 0. The second-order valence-electron chi connectivity index (χ2n) is 4.17. The molecule has 1 aromatic carbocycles. The maximum absolute atomic E-state index is 11.9. The molecule has 1 aliphatic rings. The molecule has 18 heavy (non-hydrogen) atoms. The number of anilines is 1. The predicted molar refractivity (Wildman–Crippen MR) is 70.6 cm³/mol. The lowest BCUT2D eigenvalue weighted by Gasteiger charge is -2.14. The SMILES string of the molecule is CC#CCCN1C(=O)C(=O)c2cc(CC)ccc21. The number of amides is 1. The van der Waals surface area contributed by atoms with E-state index in [-0.39, 0.29) is 0 Å². The fourth-order valence-corrected chi connectivity index (χ4v) is 2.08. The summed E-state index contributed by atoms with van der Waals surface area (Å²) in [5.74, 6) is 4.86. The van der Waals surface area contributed by atoms with Crippen LogP contribution >= 0.6 is 0 Å². The minimum Gasteiger partial charge on any atom is -0.304 e. The third kappa shape index (κ3) is 2.02. The molecule has 92 valence electrons. The molecule has 0 fully saturated rings. The van der Waals surface area contributed by atoms with E-state index >= 15 is 0 Å². The first kappa shape index (κ1) is 12.4. The smallest absolute Gasteiger partial charge is 0.299 e. The van der Waals surface area contributed by atoms with Crippen molar-refractivity contribution in [3.63, 3.8) is 0 Å². The first-order valence-corrected chi connectivity index (χ1v) is 6.07. The highest BCUT2D eigenvalue weighted by molar-refractivity contribution is 6.52. The third-order valence-electron chi connectivity index (χ3n) is 3.08. The lowest BCUT2D eigenvalue weighted by Crippen LogP contribution is -2.30. The number of hydrogen-bond acceptors (Lipinski definition) is 2. The largest absolute Gasteiger partial charge is 0.304 e. The minimum atomic E-state index is -0.434. The van der Waals surface area contributed by atoms with Crippen molar-refractivity contribution in [1.82, 2.24) is 0 Å². The zero-order valence-electron chi connectivity index (χ0n) is 10.6. The molecule has 1 aromatic rings. The zero-order chi connectivity index (χ0) is 13.1. The molecule has 0 atom stereocenters. The fraction of sp³-hybridized carbons (Fsp3) is 0.333. The highest BCUT2D eigenvalue weighted by Crippen LogP contribution is 2.29. The van der Waals surface area contributed by atoms with Gasteiger partial charge in [-0.1, -0.05) is 13.0 Å². The van der Waals surface area contributed by atoms with Crippen molar-refractivity contribution in [3.05, 3.63) is 29.3 Å². The van der Waals surface area contributed by atoms with Gasteiger partial charge in [-0.15, -0.1) is 11.8 Å². The fourth-order valence-electron chi connectivity index (χ4n) is 2.08. The Morgan fingerprint density at radius 2 is 2.06 bits per heavy atom. The van der Waals surface area contributed by atoms with E-state index in [2.05, 4.69) is 11.8 Å². The normalized spacial score (nSPS) is 13.3. The van der Waals surface area contributed by atoms with Crippen LogP contribution in [0, 0.1) is 11.8 Å². The Kier molecular flexibility index (Phi) is 3.47. The van der Waals surface area contributed by atoms with Crippen LogP contribution in [0.2, 0.25) is 0 Å². The zero-order valence-corrected chi connectivity index (χ0v) is 10.6. The van der Waals surface area contributed by atoms with Crippen LogP contribution in [0.5, 0.6) is 0 Å². The number of ketones is 1. The van der Waals surface area contributed by atoms with E-state index in [0.29, 0.717) is 18.5 Å². The molecule has 3 nitrogen and oxygen atoms in total. The first-order chi connectivity index (χ1) is 8.69. The second kappa shape index (κ2) is 5.05. The molecular weight excluding hydrogens is 226 g/mol. The van der Waals surface area contributed by atoms with Crippen molar-refractivity contribution in [3.8, 4) is 11.8 Å². The molecule has 0 saturated carbocycles. The van der Waals surface area contributed by atoms with Gasteiger partial charge in [-0.2, -0.15) is 0 Å². The van der Waals surface area contributed by atoms with E-state index < -0.39 is 11.7 Å². The maximum Gasteiger partial charge on any atom is 0.299 e. The summed E-state index contributed by atoms with van der Waals surface area (Å²) in [6.45, 7) is 4.26. The number of benzene rings is 1. The molecule has 0 aliphatic carbocycles. The van der Waals surface area contributed by atoms with Crippen LogP contribution in [0.4, 0.5) is 5.69 Å². The van der Waals surface area contributed by atoms with E-state index in [0.717, 1.165) is 17.7 Å². The molecule has 1 amide bonds. The lowest BCUT2D eigenvalue weighted by atomic mass is 10.1. The topological polar surface area (TPSA) is 37.4 Å². The average Bonchev–Trinajstić information content (AvgIpc) is 2.63. The Labute approximate surface area is 107 Å². The van der Waals surface area contributed by atoms with Crippen LogP contribution in [0.1, 0.15) is 36.2 Å². The van der Waals surface area contributed by atoms with E-state index in [9.17, 15) is 9.59 Å². The van der Waals surface area contributed by atoms with Gasteiger partial charge < -0.3 is 4.90 Å². The summed E-state index contributed by atoms with van der Waals surface area (Å²) in [5, 5.41) is 0. The Bertz CT molecular complexity index is 564. The monoisotopic (exact) mass is 241 g/mol. The van der Waals surface area contributed by atoms with Crippen molar-refractivity contribution >= 4 is 17.4 Å². The molecule has 0 unspecified atom stereocenters. The van der Waals surface area contributed by atoms with Crippen molar-refractivity contribution in [2.24, 2.45) is 0 Å². The summed E-state index contributed by atoms with van der Waals surface area (Å²) < 4.78 is 0. The summed E-state index contributed by atoms with van der Waals surface area (Å²) >= 11 is 0. The van der Waals surface area contributed by atoms with Gasteiger partial charge in [0, 0.05) is 13.0 Å². The van der Waals surface area contributed by atoms with Crippen molar-refractivity contribution in [1.29, 1.82) is 0 Å². The number of carbonyl (C=O) groups excluding carboxylic acids is 2. The van der Waals surface area contributed by atoms with Gasteiger partial charge in [-0.05, 0) is 31.0 Å². The van der Waals surface area contributed by atoms with Crippen molar-refractivity contribution in [2.75, 3.05) is 11.4 Å². The highest BCUT2D eigenvalue weighted by Gasteiger charge is 2.35. The first-order valence-electron chi connectivity index (χ1n) is 6.07. The van der Waals surface area contributed by atoms with E-state index in [1.807, 2.05) is 25.1 Å². The van der Waals surface area contributed by atoms with E-state index in [1.165, 1.54) is 4.90 Å². The van der Waals surface area contributed by atoms with Gasteiger partial charge in [0.05, 0.1) is 11.3 Å². The van der Waals surface area contributed by atoms with E-state index in [4.69, 9.17) is 0 Å². The Balaban J connectivity index is 2.33. The summed E-state index contributed by atoms with van der Waals surface area (Å²) in [4.78, 5) is 25.3. The van der Waals surface area contributed by atoms with E-state index in [1.54, 1.807) is 6.92 Å². The van der Waals surface area contributed by atoms with Gasteiger partial charge in [-0.3, -0.25) is 9.59 Å². The van der Waals surface area contributed by atoms with Crippen LogP contribution in [0.15, 0.2) is 18.2 Å². The van der Waals surface area contributed by atoms with Gasteiger partial charge in [-0.25, -0.2) is 0 Å². The number of Topliss-reactive ketones (excluding diaryl/α,β-unsaturated/α-hetero) is 1. The quantitative estimate of drug-likeness (QED) is 0.601. The van der Waals surface area contributed by atoms with Crippen molar-refractivity contribution < 1.29 is 9.59 Å². The summed E-state index contributed by atoms with van der Waals surface area (Å²) in [6.07, 6.45) is 1.44. The molecule has 0 spiro atoms. The average molecular weight is 241 g/mol. The number of fused-ring (bicyclic) bond motifs is 1. The molecule has 0 saturated heterocycles. The molecule has 3 heteroatoms. The number of hydrogen-bond donors (Lipinski definition) is 0. The Morgan fingerprint density at radius 3 is 2.72 bits per heavy atom. The summed E-state index contributed by atoms with van der Waals surface area (Å²) in [6, 6.07) is 5.64. The number of rotatable bonds is 3. The van der Waals surface area contributed by atoms with Gasteiger partial charge >= 0.3 is 0 Å². The number of aryl methyl sites for hydroxylation is 1. The predicted octanol–water partition coefficient (Wildman–Crippen LogP) is 2.19. The lowest BCUT2D eigenvalue weighted by molar-refractivity contribution is -0.114. The van der Waals surface area contributed by atoms with Gasteiger partial charge in [0.1, 0.15) is 0 Å². The molecule has 1 heterocycles. The Hall–Kier alpha value is -2.08. The molecule has 1 aliphatic heterocycles. The van der Waals surface area contributed by atoms with Crippen LogP contribution in [-0.2, 0) is 11.2 Å². The van der Waals surface area contributed by atoms with Crippen LogP contribution in [-0.4, -0.2) is 18.2 Å². The molecule has 2 rings (SSSR count).